The Balaban J connectivity index is 1.14. The Morgan fingerprint density at radius 3 is 2.47 bits per heavy atom. The molecule has 3 aliphatic rings. The van der Waals surface area contributed by atoms with Gasteiger partial charge in [0.1, 0.15) is 0 Å². The fraction of sp³-hybridized carbons (Fsp3) is 0.364. The summed E-state index contributed by atoms with van der Waals surface area (Å²) in [6, 6.07) is 15.2. The van der Waals surface area contributed by atoms with Crippen LogP contribution in [0.15, 0.2) is 67.1 Å². The molecule has 4 aromatic rings. The van der Waals surface area contributed by atoms with Gasteiger partial charge in [-0.05, 0) is 92.5 Å². The minimum absolute atomic E-state index is 0.0911. The summed E-state index contributed by atoms with van der Waals surface area (Å²) < 4.78 is 3.65. The second kappa shape index (κ2) is 11.5. The Labute approximate surface area is 250 Å². The summed E-state index contributed by atoms with van der Waals surface area (Å²) in [6.45, 7) is 4.78. The van der Waals surface area contributed by atoms with Gasteiger partial charge in [-0.2, -0.15) is 10.2 Å². The van der Waals surface area contributed by atoms with Gasteiger partial charge >= 0.3 is 0 Å². The number of aryl methyl sites for hydroxylation is 3. The van der Waals surface area contributed by atoms with Gasteiger partial charge in [0.05, 0.1) is 23.3 Å². The molecule has 2 bridgehead atoms. The zero-order chi connectivity index (χ0) is 30.1. The molecule has 3 amide bonds. The van der Waals surface area contributed by atoms with Crippen LogP contribution in [0.3, 0.4) is 0 Å². The van der Waals surface area contributed by atoms with Crippen LogP contribution < -0.4 is 16.2 Å². The highest BCUT2D eigenvalue weighted by Gasteiger charge is 2.61. The predicted octanol–water partition coefficient (Wildman–Crippen LogP) is 4.34. The molecule has 10 heteroatoms. The second-order valence-electron chi connectivity index (χ2n) is 11.9. The average Bonchev–Trinajstić information content (AvgIpc) is 3.62. The Hall–Kier alpha value is -4.73. The van der Waals surface area contributed by atoms with E-state index in [4.69, 9.17) is 5.10 Å². The molecule has 3 N–H and O–H groups in total. The van der Waals surface area contributed by atoms with E-state index >= 15 is 0 Å². The fourth-order valence-electron chi connectivity index (χ4n) is 6.12. The number of nitrogens with one attached hydrogen (secondary N) is 3. The first kappa shape index (κ1) is 28.4. The molecule has 222 valence electrons. The predicted molar refractivity (Wildman–Crippen MR) is 162 cm³/mol. The van der Waals surface area contributed by atoms with Gasteiger partial charge in [-0.3, -0.25) is 34.6 Å². The lowest BCUT2D eigenvalue weighted by atomic mass is 9.44. The van der Waals surface area contributed by atoms with Gasteiger partial charge in [0.2, 0.25) is 11.8 Å². The van der Waals surface area contributed by atoms with Gasteiger partial charge in [0.15, 0.2) is 0 Å². The minimum Gasteiger partial charge on any atom is -0.346 e. The molecule has 0 spiro atoms. The van der Waals surface area contributed by atoms with Crippen molar-refractivity contribution in [2.24, 2.45) is 18.4 Å². The fourth-order valence-corrected chi connectivity index (χ4v) is 6.12. The van der Waals surface area contributed by atoms with Crippen LogP contribution in [-0.2, 0) is 29.6 Å². The number of aromatic nitrogens is 4. The summed E-state index contributed by atoms with van der Waals surface area (Å²) in [7, 11) is 1.88. The highest BCUT2D eigenvalue weighted by atomic mass is 16.2. The van der Waals surface area contributed by atoms with E-state index in [1.807, 2.05) is 68.4 Å². The molecular formula is C33H37N7O3. The van der Waals surface area contributed by atoms with E-state index < -0.39 is 0 Å². The van der Waals surface area contributed by atoms with Crippen molar-refractivity contribution in [3.05, 3.63) is 83.8 Å². The maximum Gasteiger partial charge on any atom is 0.252 e. The van der Waals surface area contributed by atoms with E-state index in [9.17, 15) is 14.4 Å². The Morgan fingerprint density at radius 2 is 1.79 bits per heavy atom. The van der Waals surface area contributed by atoms with Crippen molar-refractivity contribution in [1.82, 2.24) is 35.7 Å². The third-order valence-corrected chi connectivity index (χ3v) is 8.82. The number of benzene rings is 2. The summed E-state index contributed by atoms with van der Waals surface area (Å²) >= 11 is 0. The van der Waals surface area contributed by atoms with E-state index in [0.717, 1.165) is 59.3 Å². The standard InChI is InChI=1S/C33H37N7O3/c1-4-40-12-11-29(38-40)26-14-24(13-25(15-26)27-19-34-39(3)20-27)21(2)35-31(42)28-8-6-5-7-23(28)9-10-30(41)36-37-32(43)33-16-22(17-33)18-33/h5-8,11-15,19-22H,4,9-10,16-18H2,1-3H3,(H,35,42)(H,36,41)(H,37,43)/t21-,22?,33?/m1/s1. The summed E-state index contributed by atoms with van der Waals surface area (Å²) in [5.41, 5.74) is 10.9. The van der Waals surface area contributed by atoms with Crippen molar-refractivity contribution in [1.29, 1.82) is 0 Å². The number of hydrogen-bond acceptors (Lipinski definition) is 5. The number of hydrazine groups is 1. The number of rotatable bonds is 10. The van der Waals surface area contributed by atoms with Crippen molar-refractivity contribution in [3.63, 3.8) is 0 Å². The van der Waals surface area contributed by atoms with Crippen molar-refractivity contribution in [3.8, 4) is 22.4 Å². The topological polar surface area (TPSA) is 123 Å². The van der Waals surface area contributed by atoms with Crippen molar-refractivity contribution in [2.75, 3.05) is 0 Å². The lowest BCUT2D eigenvalue weighted by molar-refractivity contribution is -0.166. The van der Waals surface area contributed by atoms with Gasteiger partial charge in [0, 0.05) is 49.1 Å². The smallest absolute Gasteiger partial charge is 0.252 e. The van der Waals surface area contributed by atoms with Crippen LogP contribution in [0.25, 0.3) is 22.4 Å². The molecule has 7 rings (SSSR count). The Kier molecular flexibility index (Phi) is 7.60. The van der Waals surface area contributed by atoms with Gasteiger partial charge in [-0.25, -0.2) is 0 Å². The number of carbonyl (C=O) groups excluding carboxylic acids is 3. The molecule has 3 fully saturated rings. The van der Waals surface area contributed by atoms with E-state index in [0.29, 0.717) is 17.9 Å². The van der Waals surface area contributed by atoms with Crippen LogP contribution >= 0.6 is 0 Å². The number of hydrogen-bond donors (Lipinski definition) is 3. The van der Waals surface area contributed by atoms with Crippen molar-refractivity contribution in [2.45, 2.75) is 58.5 Å². The van der Waals surface area contributed by atoms with Gasteiger partial charge in [-0.15, -0.1) is 0 Å². The quantitative estimate of drug-likeness (QED) is 0.241. The van der Waals surface area contributed by atoms with Crippen molar-refractivity contribution < 1.29 is 14.4 Å². The maximum atomic E-state index is 13.5. The lowest BCUT2D eigenvalue weighted by Gasteiger charge is -2.59. The molecule has 2 aromatic carbocycles. The van der Waals surface area contributed by atoms with Crippen LogP contribution in [0.1, 0.15) is 67.1 Å². The van der Waals surface area contributed by atoms with Crippen LogP contribution in [0.4, 0.5) is 0 Å². The summed E-state index contributed by atoms with van der Waals surface area (Å²) in [4.78, 5) is 38.4. The SMILES string of the molecule is CCn1ccc(-c2cc(-c3cnn(C)c3)cc([C@@H](C)NC(=O)c3ccccc3CCC(=O)NNC(=O)C34CC(C3)C4)c2)n1. The molecule has 3 aliphatic carbocycles. The molecule has 2 aromatic heterocycles. The average molecular weight is 580 g/mol. The lowest BCUT2D eigenvalue weighted by Crippen LogP contribution is -2.62. The van der Waals surface area contributed by atoms with E-state index in [2.05, 4.69) is 39.5 Å². The molecule has 1 atom stereocenters. The third-order valence-electron chi connectivity index (χ3n) is 8.82. The summed E-state index contributed by atoms with van der Waals surface area (Å²) in [5.74, 6) is 0.0916. The molecule has 2 heterocycles. The zero-order valence-corrected chi connectivity index (χ0v) is 24.8. The molecule has 0 radical (unpaired) electrons. The zero-order valence-electron chi connectivity index (χ0n) is 24.8. The third kappa shape index (κ3) is 5.82. The first-order valence-electron chi connectivity index (χ1n) is 14.9. The van der Waals surface area contributed by atoms with Crippen molar-refractivity contribution >= 4 is 17.7 Å². The van der Waals surface area contributed by atoms with Gasteiger partial charge in [0.25, 0.3) is 5.91 Å². The minimum atomic E-state index is -0.306. The summed E-state index contributed by atoms with van der Waals surface area (Å²) in [6.07, 6.45) is 9.03. The number of amides is 3. The second-order valence-corrected chi connectivity index (χ2v) is 11.9. The maximum absolute atomic E-state index is 13.5. The molecule has 0 saturated heterocycles. The monoisotopic (exact) mass is 579 g/mol. The first-order valence-corrected chi connectivity index (χ1v) is 14.9. The highest BCUT2D eigenvalue weighted by molar-refractivity contribution is 5.96. The summed E-state index contributed by atoms with van der Waals surface area (Å²) in [5, 5.41) is 12.2. The largest absolute Gasteiger partial charge is 0.346 e. The van der Waals surface area contributed by atoms with Crippen LogP contribution in [-0.4, -0.2) is 37.3 Å². The number of carbonyl (C=O) groups is 3. The van der Waals surface area contributed by atoms with Crippen LogP contribution in [0.5, 0.6) is 0 Å². The Bertz CT molecular complexity index is 1670. The van der Waals surface area contributed by atoms with Gasteiger partial charge in [-0.1, -0.05) is 18.2 Å². The molecule has 0 unspecified atom stereocenters. The van der Waals surface area contributed by atoms with E-state index in [1.165, 1.54) is 0 Å². The van der Waals surface area contributed by atoms with Gasteiger partial charge < -0.3 is 5.32 Å². The van der Waals surface area contributed by atoms with E-state index in [-0.39, 0.29) is 35.6 Å². The molecular weight excluding hydrogens is 542 g/mol. The molecule has 43 heavy (non-hydrogen) atoms. The van der Waals surface area contributed by atoms with Crippen LogP contribution in [0.2, 0.25) is 0 Å². The first-order chi connectivity index (χ1) is 20.7. The van der Waals surface area contributed by atoms with Crippen LogP contribution in [0, 0.1) is 11.3 Å². The number of nitrogens with zero attached hydrogens (tertiary/aromatic N) is 4. The Morgan fingerprint density at radius 1 is 1.02 bits per heavy atom. The normalized spacial score (nSPS) is 19.1. The molecule has 10 nitrogen and oxygen atoms in total. The molecule has 3 saturated carbocycles. The molecule has 0 aliphatic heterocycles. The highest BCUT2D eigenvalue weighted by Crippen LogP contribution is 2.64. The van der Waals surface area contributed by atoms with E-state index in [1.54, 1.807) is 10.7 Å².